The van der Waals surface area contributed by atoms with Crippen molar-refractivity contribution in [3.05, 3.63) is 28.6 Å². The molecule has 0 atom stereocenters. The van der Waals surface area contributed by atoms with Crippen molar-refractivity contribution < 1.29 is 13.9 Å². The standard InChI is InChI=1S/C9H9F2N3O/c10-9(11)8-6(1-12)5(4-15)3-14-7(8)2-13/h3,9,15H,1,4,12H2. The lowest BCUT2D eigenvalue weighted by molar-refractivity contribution is 0.149. The molecule has 3 N–H and O–H groups in total. The number of aliphatic hydroxyl groups excluding tert-OH is 1. The van der Waals surface area contributed by atoms with E-state index in [9.17, 15) is 8.78 Å². The van der Waals surface area contributed by atoms with Crippen molar-refractivity contribution in [2.24, 2.45) is 5.73 Å². The third-order valence-electron chi connectivity index (χ3n) is 2.02. The van der Waals surface area contributed by atoms with Crippen LogP contribution in [0.25, 0.3) is 0 Å². The second kappa shape index (κ2) is 4.77. The average molecular weight is 213 g/mol. The van der Waals surface area contributed by atoms with Crippen molar-refractivity contribution in [2.75, 3.05) is 0 Å². The van der Waals surface area contributed by atoms with E-state index in [0.717, 1.165) is 0 Å². The Morgan fingerprint density at radius 1 is 1.60 bits per heavy atom. The maximum absolute atomic E-state index is 12.7. The lowest BCUT2D eigenvalue weighted by Gasteiger charge is -2.11. The molecule has 0 aliphatic carbocycles. The SMILES string of the molecule is N#Cc1ncc(CO)c(CN)c1C(F)F. The first-order valence-corrected chi connectivity index (χ1v) is 4.15. The predicted octanol–water partition coefficient (Wildman–Crippen LogP) is 0.842. The molecule has 0 aliphatic heterocycles. The quantitative estimate of drug-likeness (QED) is 0.779. The Kier molecular flexibility index (Phi) is 3.66. The van der Waals surface area contributed by atoms with Gasteiger partial charge in [-0.15, -0.1) is 0 Å². The van der Waals surface area contributed by atoms with Crippen LogP contribution in [-0.4, -0.2) is 10.1 Å². The number of aliphatic hydroxyl groups is 1. The molecule has 15 heavy (non-hydrogen) atoms. The fourth-order valence-corrected chi connectivity index (χ4v) is 1.31. The van der Waals surface area contributed by atoms with E-state index in [-0.39, 0.29) is 23.4 Å². The summed E-state index contributed by atoms with van der Waals surface area (Å²) < 4.78 is 25.3. The molecular formula is C9H9F2N3O. The summed E-state index contributed by atoms with van der Waals surface area (Å²) >= 11 is 0. The van der Waals surface area contributed by atoms with Gasteiger partial charge in [-0.05, 0) is 5.56 Å². The van der Waals surface area contributed by atoms with Crippen LogP contribution in [0.15, 0.2) is 6.20 Å². The highest BCUT2D eigenvalue weighted by molar-refractivity contribution is 5.42. The van der Waals surface area contributed by atoms with Gasteiger partial charge in [-0.2, -0.15) is 5.26 Å². The number of nitriles is 1. The third-order valence-corrected chi connectivity index (χ3v) is 2.02. The van der Waals surface area contributed by atoms with Gasteiger partial charge in [0.05, 0.1) is 12.2 Å². The molecular weight excluding hydrogens is 204 g/mol. The van der Waals surface area contributed by atoms with E-state index < -0.39 is 18.6 Å². The van der Waals surface area contributed by atoms with Gasteiger partial charge in [0.2, 0.25) is 0 Å². The molecule has 0 unspecified atom stereocenters. The topological polar surface area (TPSA) is 82.9 Å². The van der Waals surface area contributed by atoms with Crippen molar-refractivity contribution in [1.29, 1.82) is 5.26 Å². The minimum absolute atomic E-state index is 0.0963. The summed E-state index contributed by atoms with van der Waals surface area (Å²) in [5.41, 5.74) is 4.81. The van der Waals surface area contributed by atoms with Gasteiger partial charge < -0.3 is 10.8 Å². The first kappa shape index (κ1) is 11.5. The van der Waals surface area contributed by atoms with Crippen LogP contribution < -0.4 is 5.73 Å². The largest absolute Gasteiger partial charge is 0.392 e. The second-order valence-electron chi connectivity index (χ2n) is 2.80. The van der Waals surface area contributed by atoms with Gasteiger partial charge in [-0.1, -0.05) is 0 Å². The van der Waals surface area contributed by atoms with Crippen LogP contribution in [0.3, 0.4) is 0 Å². The highest BCUT2D eigenvalue weighted by atomic mass is 19.3. The highest BCUT2D eigenvalue weighted by Crippen LogP contribution is 2.27. The van der Waals surface area contributed by atoms with Crippen molar-refractivity contribution in [3.63, 3.8) is 0 Å². The number of hydrogen-bond acceptors (Lipinski definition) is 4. The summed E-state index contributed by atoms with van der Waals surface area (Å²) in [7, 11) is 0. The summed E-state index contributed by atoms with van der Waals surface area (Å²) in [5.74, 6) is 0. The molecule has 0 aromatic carbocycles. The number of nitrogens with zero attached hydrogens (tertiary/aromatic N) is 2. The number of pyridine rings is 1. The van der Waals surface area contributed by atoms with Crippen LogP contribution in [0.1, 0.15) is 28.8 Å². The first-order valence-electron chi connectivity index (χ1n) is 4.15. The molecule has 0 amide bonds. The van der Waals surface area contributed by atoms with E-state index in [4.69, 9.17) is 16.1 Å². The average Bonchev–Trinajstić information content (AvgIpc) is 2.26. The van der Waals surface area contributed by atoms with E-state index in [1.54, 1.807) is 6.07 Å². The Morgan fingerprint density at radius 3 is 2.67 bits per heavy atom. The summed E-state index contributed by atoms with van der Waals surface area (Å²) in [6.45, 7) is -0.586. The summed E-state index contributed by atoms with van der Waals surface area (Å²) in [4.78, 5) is 3.54. The maximum Gasteiger partial charge on any atom is 0.266 e. The number of aromatic nitrogens is 1. The highest BCUT2D eigenvalue weighted by Gasteiger charge is 2.20. The second-order valence-corrected chi connectivity index (χ2v) is 2.80. The minimum atomic E-state index is -2.82. The van der Waals surface area contributed by atoms with E-state index in [1.807, 2.05) is 0 Å². The van der Waals surface area contributed by atoms with E-state index in [1.165, 1.54) is 6.20 Å². The van der Waals surface area contributed by atoms with Gasteiger partial charge in [0, 0.05) is 18.3 Å². The van der Waals surface area contributed by atoms with Crippen LogP contribution in [0.4, 0.5) is 8.78 Å². The number of rotatable bonds is 3. The summed E-state index contributed by atoms with van der Waals surface area (Å²) in [6.07, 6.45) is -1.63. The first-order chi connectivity index (χ1) is 7.15. The number of nitrogens with two attached hydrogens (primary N) is 1. The molecule has 1 heterocycles. The zero-order valence-electron chi connectivity index (χ0n) is 7.74. The molecule has 4 nitrogen and oxygen atoms in total. The van der Waals surface area contributed by atoms with Crippen molar-refractivity contribution >= 4 is 0 Å². The minimum Gasteiger partial charge on any atom is -0.392 e. The van der Waals surface area contributed by atoms with E-state index in [0.29, 0.717) is 0 Å². The van der Waals surface area contributed by atoms with Crippen LogP contribution in [-0.2, 0) is 13.2 Å². The molecule has 0 bridgehead atoms. The van der Waals surface area contributed by atoms with Gasteiger partial charge >= 0.3 is 0 Å². The van der Waals surface area contributed by atoms with Crippen LogP contribution in [0.2, 0.25) is 0 Å². The Hall–Kier alpha value is -1.58. The fourth-order valence-electron chi connectivity index (χ4n) is 1.31. The molecule has 0 saturated carbocycles. The summed E-state index contributed by atoms with van der Waals surface area (Å²) in [6, 6.07) is 1.57. The van der Waals surface area contributed by atoms with Crippen molar-refractivity contribution in [1.82, 2.24) is 4.98 Å². The zero-order chi connectivity index (χ0) is 11.4. The van der Waals surface area contributed by atoms with Gasteiger partial charge in [0.15, 0.2) is 0 Å². The molecule has 0 spiro atoms. The van der Waals surface area contributed by atoms with Crippen LogP contribution in [0, 0.1) is 11.3 Å². The molecule has 0 saturated heterocycles. The Labute approximate surface area is 85.0 Å². The molecule has 1 aromatic rings. The van der Waals surface area contributed by atoms with E-state index >= 15 is 0 Å². The molecule has 6 heteroatoms. The molecule has 0 aliphatic rings. The van der Waals surface area contributed by atoms with Crippen LogP contribution in [0.5, 0.6) is 0 Å². The molecule has 80 valence electrons. The zero-order valence-corrected chi connectivity index (χ0v) is 7.74. The molecule has 1 rings (SSSR count). The lowest BCUT2D eigenvalue weighted by atomic mass is 10.0. The lowest BCUT2D eigenvalue weighted by Crippen LogP contribution is -2.10. The number of halogens is 2. The normalized spacial score (nSPS) is 10.4. The Balaban J connectivity index is 3.46. The van der Waals surface area contributed by atoms with E-state index in [2.05, 4.69) is 4.98 Å². The summed E-state index contributed by atoms with van der Waals surface area (Å²) in [5, 5.41) is 17.5. The smallest absolute Gasteiger partial charge is 0.266 e. The van der Waals surface area contributed by atoms with Gasteiger partial charge in [0.25, 0.3) is 6.43 Å². The number of alkyl halides is 2. The van der Waals surface area contributed by atoms with Crippen molar-refractivity contribution in [3.8, 4) is 6.07 Å². The van der Waals surface area contributed by atoms with Gasteiger partial charge in [-0.3, -0.25) is 0 Å². The molecule has 0 fully saturated rings. The third kappa shape index (κ3) is 2.09. The maximum atomic E-state index is 12.7. The molecule has 1 aromatic heterocycles. The van der Waals surface area contributed by atoms with Gasteiger partial charge in [0.1, 0.15) is 11.8 Å². The Bertz CT molecular complexity index is 401. The number of hydrogen-bond donors (Lipinski definition) is 2. The predicted molar refractivity (Wildman–Crippen MR) is 47.7 cm³/mol. The van der Waals surface area contributed by atoms with Crippen LogP contribution >= 0.6 is 0 Å². The monoisotopic (exact) mass is 213 g/mol. The van der Waals surface area contributed by atoms with Gasteiger partial charge in [-0.25, -0.2) is 13.8 Å². The molecule has 0 radical (unpaired) electrons. The fraction of sp³-hybridized carbons (Fsp3) is 0.333. The van der Waals surface area contributed by atoms with Crippen molar-refractivity contribution in [2.45, 2.75) is 19.6 Å². The Morgan fingerprint density at radius 2 is 2.27 bits per heavy atom.